The maximum atomic E-state index is 12.5. The second kappa shape index (κ2) is 6.03. The van der Waals surface area contributed by atoms with E-state index in [2.05, 4.69) is 10.3 Å². The molecule has 1 aromatic heterocycles. The second-order valence-electron chi connectivity index (χ2n) is 6.01. The summed E-state index contributed by atoms with van der Waals surface area (Å²) in [4.78, 5) is 17.0. The molecule has 2 aliphatic heterocycles. The Kier molecular flexibility index (Phi) is 3.53. The van der Waals surface area contributed by atoms with Crippen LogP contribution in [-0.2, 0) is 11.2 Å². The summed E-state index contributed by atoms with van der Waals surface area (Å²) in [5, 5.41) is 5.29. The fraction of sp³-hybridized carbons (Fsp3) is 0.158. The Morgan fingerprint density at radius 2 is 2.00 bits per heavy atom. The van der Waals surface area contributed by atoms with Crippen molar-refractivity contribution in [3.8, 4) is 28.5 Å². The molecule has 0 spiro atoms. The third kappa shape index (κ3) is 2.66. The quantitative estimate of drug-likeness (QED) is 0.768. The number of benzene rings is 2. The maximum Gasteiger partial charge on any atom is 0.267 e. The minimum absolute atomic E-state index is 0.187. The van der Waals surface area contributed by atoms with Crippen molar-refractivity contribution in [1.29, 1.82) is 0 Å². The predicted octanol–water partition coefficient (Wildman–Crippen LogP) is 3.48. The number of amides is 1. The molecule has 2 aliphatic rings. The first kappa shape index (κ1) is 15.2. The van der Waals surface area contributed by atoms with Crippen LogP contribution < -0.4 is 19.5 Å². The first-order chi connectivity index (χ1) is 12.8. The van der Waals surface area contributed by atoms with Gasteiger partial charge in [0.1, 0.15) is 5.75 Å². The van der Waals surface area contributed by atoms with Crippen molar-refractivity contribution in [3.63, 3.8) is 0 Å². The Balaban J connectivity index is 1.30. The number of nitrogens with one attached hydrogen (secondary N) is 1. The molecule has 6 nitrogen and oxygen atoms in total. The van der Waals surface area contributed by atoms with Crippen molar-refractivity contribution >= 4 is 22.4 Å². The normalized spacial score (nSPS) is 16.8. The summed E-state index contributed by atoms with van der Waals surface area (Å²) in [6.07, 6.45) is 0.0489. The van der Waals surface area contributed by atoms with Gasteiger partial charge in [0.15, 0.2) is 22.7 Å². The van der Waals surface area contributed by atoms with Crippen LogP contribution >= 0.6 is 11.3 Å². The van der Waals surface area contributed by atoms with Gasteiger partial charge < -0.3 is 14.2 Å². The van der Waals surface area contributed by atoms with E-state index >= 15 is 0 Å². The van der Waals surface area contributed by atoms with Gasteiger partial charge >= 0.3 is 0 Å². The number of nitrogens with zero attached hydrogens (tertiary/aromatic N) is 1. The van der Waals surface area contributed by atoms with Gasteiger partial charge in [-0.25, -0.2) is 4.98 Å². The van der Waals surface area contributed by atoms with Gasteiger partial charge in [-0.3, -0.25) is 10.1 Å². The number of rotatable bonds is 3. The molecule has 3 heterocycles. The molecule has 3 aromatic rings. The van der Waals surface area contributed by atoms with Gasteiger partial charge in [-0.1, -0.05) is 18.2 Å². The van der Waals surface area contributed by atoms with E-state index in [1.165, 1.54) is 11.3 Å². The van der Waals surface area contributed by atoms with E-state index < -0.39 is 6.10 Å². The van der Waals surface area contributed by atoms with E-state index in [0.29, 0.717) is 17.3 Å². The van der Waals surface area contributed by atoms with Gasteiger partial charge in [-0.15, -0.1) is 11.3 Å². The van der Waals surface area contributed by atoms with Crippen molar-refractivity contribution < 1.29 is 19.0 Å². The summed E-state index contributed by atoms with van der Waals surface area (Å²) in [7, 11) is 0. The van der Waals surface area contributed by atoms with Crippen molar-refractivity contribution in [1.82, 2.24) is 4.98 Å². The molecule has 0 aliphatic carbocycles. The van der Waals surface area contributed by atoms with Crippen LogP contribution in [0.25, 0.3) is 11.3 Å². The van der Waals surface area contributed by atoms with Gasteiger partial charge in [0.2, 0.25) is 6.79 Å². The van der Waals surface area contributed by atoms with Crippen LogP contribution in [0.15, 0.2) is 47.8 Å². The number of anilines is 1. The number of ether oxygens (including phenoxy) is 3. The molecule has 7 heteroatoms. The minimum atomic E-state index is -0.523. The third-order valence-electron chi connectivity index (χ3n) is 4.34. The lowest BCUT2D eigenvalue weighted by atomic mass is 10.1. The third-order valence-corrected chi connectivity index (χ3v) is 5.10. The number of hydrogen-bond donors (Lipinski definition) is 1. The summed E-state index contributed by atoms with van der Waals surface area (Å²) >= 11 is 1.38. The van der Waals surface area contributed by atoms with Crippen LogP contribution in [-0.4, -0.2) is 23.8 Å². The highest BCUT2D eigenvalue weighted by Gasteiger charge is 2.29. The molecule has 0 bridgehead atoms. The fourth-order valence-electron chi connectivity index (χ4n) is 3.03. The summed E-state index contributed by atoms with van der Waals surface area (Å²) in [6.45, 7) is 0.237. The Morgan fingerprint density at radius 3 is 2.92 bits per heavy atom. The van der Waals surface area contributed by atoms with Gasteiger partial charge in [0.05, 0.1) is 5.69 Å². The van der Waals surface area contributed by atoms with Gasteiger partial charge in [-0.05, 0) is 29.8 Å². The van der Waals surface area contributed by atoms with E-state index in [4.69, 9.17) is 14.2 Å². The van der Waals surface area contributed by atoms with E-state index in [9.17, 15) is 4.79 Å². The summed E-state index contributed by atoms with van der Waals surface area (Å²) in [5.41, 5.74) is 2.74. The van der Waals surface area contributed by atoms with Crippen LogP contribution in [0, 0.1) is 0 Å². The summed E-state index contributed by atoms with van der Waals surface area (Å²) in [6, 6.07) is 13.4. The molecule has 2 aromatic carbocycles. The van der Waals surface area contributed by atoms with Crippen LogP contribution in [0.2, 0.25) is 0 Å². The van der Waals surface area contributed by atoms with Gasteiger partial charge in [-0.2, -0.15) is 0 Å². The average Bonchev–Trinajstić information content (AvgIpc) is 3.39. The van der Waals surface area contributed by atoms with E-state index in [0.717, 1.165) is 28.3 Å². The zero-order valence-electron chi connectivity index (χ0n) is 13.6. The lowest BCUT2D eigenvalue weighted by molar-refractivity contribution is -0.122. The number of hydrogen-bond acceptors (Lipinski definition) is 6. The van der Waals surface area contributed by atoms with Crippen molar-refractivity contribution in [3.05, 3.63) is 53.4 Å². The predicted molar refractivity (Wildman–Crippen MR) is 96.9 cm³/mol. The number of para-hydroxylation sites is 1. The molecule has 1 unspecified atom stereocenters. The lowest BCUT2D eigenvalue weighted by Crippen LogP contribution is -2.31. The SMILES string of the molecule is O=C(Nc1nc(-c2ccc3c(c2)OCO3)cs1)C1Cc2ccccc2O1. The van der Waals surface area contributed by atoms with E-state index in [-0.39, 0.29) is 12.7 Å². The highest BCUT2D eigenvalue weighted by atomic mass is 32.1. The number of carbonyl (C=O) groups excluding carboxylic acids is 1. The van der Waals surface area contributed by atoms with Crippen LogP contribution in [0.3, 0.4) is 0 Å². The van der Waals surface area contributed by atoms with Crippen LogP contribution in [0.5, 0.6) is 17.2 Å². The second-order valence-corrected chi connectivity index (χ2v) is 6.87. The van der Waals surface area contributed by atoms with E-state index in [1.54, 1.807) is 0 Å². The van der Waals surface area contributed by atoms with Crippen molar-refractivity contribution in [2.75, 3.05) is 12.1 Å². The van der Waals surface area contributed by atoms with Gasteiger partial charge in [0.25, 0.3) is 5.91 Å². The zero-order valence-corrected chi connectivity index (χ0v) is 14.4. The van der Waals surface area contributed by atoms with E-state index in [1.807, 2.05) is 47.8 Å². The van der Waals surface area contributed by atoms with Crippen LogP contribution in [0.4, 0.5) is 5.13 Å². The summed E-state index contributed by atoms with van der Waals surface area (Å²) in [5.74, 6) is 2.02. The number of aromatic nitrogens is 1. The molecule has 0 fully saturated rings. The summed E-state index contributed by atoms with van der Waals surface area (Å²) < 4.78 is 16.4. The average molecular weight is 366 g/mol. The van der Waals surface area contributed by atoms with Crippen LogP contribution in [0.1, 0.15) is 5.56 Å². The Labute approximate surface area is 153 Å². The topological polar surface area (TPSA) is 69.7 Å². The Bertz CT molecular complexity index is 976. The highest BCUT2D eigenvalue weighted by Crippen LogP contribution is 2.36. The molecule has 1 amide bonds. The molecular weight excluding hydrogens is 352 g/mol. The first-order valence-electron chi connectivity index (χ1n) is 8.17. The molecule has 130 valence electrons. The number of fused-ring (bicyclic) bond motifs is 2. The molecule has 0 saturated heterocycles. The largest absolute Gasteiger partial charge is 0.480 e. The van der Waals surface area contributed by atoms with Crippen molar-refractivity contribution in [2.45, 2.75) is 12.5 Å². The molecule has 5 rings (SSSR count). The molecule has 1 atom stereocenters. The highest BCUT2D eigenvalue weighted by molar-refractivity contribution is 7.14. The van der Waals surface area contributed by atoms with Crippen molar-refractivity contribution in [2.24, 2.45) is 0 Å². The number of carbonyl (C=O) groups is 1. The molecule has 0 saturated carbocycles. The lowest BCUT2D eigenvalue weighted by Gasteiger charge is -2.09. The smallest absolute Gasteiger partial charge is 0.267 e. The fourth-order valence-corrected chi connectivity index (χ4v) is 3.76. The molecule has 26 heavy (non-hydrogen) atoms. The zero-order chi connectivity index (χ0) is 17.5. The minimum Gasteiger partial charge on any atom is -0.480 e. The molecule has 1 N–H and O–H groups in total. The monoisotopic (exact) mass is 366 g/mol. The Hall–Kier alpha value is -3.06. The van der Waals surface area contributed by atoms with Gasteiger partial charge in [0, 0.05) is 17.4 Å². The Morgan fingerprint density at radius 1 is 1.12 bits per heavy atom. The first-order valence-corrected chi connectivity index (χ1v) is 9.05. The number of thiazole rings is 1. The molecular formula is C19H14N2O4S. The molecule has 0 radical (unpaired) electrons. The maximum absolute atomic E-state index is 12.5. The standard InChI is InChI=1S/C19H14N2O4S/c22-18(17-8-12-3-1-2-4-14(12)25-17)21-19-20-13(9-26-19)11-5-6-15-16(7-11)24-10-23-15/h1-7,9,17H,8,10H2,(H,20,21,22).